The molecule has 0 bridgehead atoms. The lowest BCUT2D eigenvalue weighted by Crippen LogP contribution is -2.30. The quantitative estimate of drug-likeness (QED) is 0.0222. The fourth-order valence-corrected chi connectivity index (χ4v) is 12.0. The number of hydrogen-bond acceptors (Lipinski definition) is 15. The fraction of sp³-hybridized carbons (Fsp3) is 0.942. The third kappa shape index (κ3) is 62.8. The van der Waals surface area contributed by atoms with Gasteiger partial charge >= 0.3 is 39.5 Å². The van der Waals surface area contributed by atoms with E-state index in [1.807, 2.05) is 0 Å². The number of carbonyl (C=O) groups is 4. The number of esters is 4. The van der Waals surface area contributed by atoms with Gasteiger partial charge in [-0.3, -0.25) is 37.3 Å². The maximum absolute atomic E-state index is 13.0. The largest absolute Gasteiger partial charge is 0.472 e. The number of aliphatic hydroxyl groups excluding tert-OH is 1. The highest BCUT2D eigenvalue weighted by Gasteiger charge is 2.30. The molecule has 0 aliphatic rings. The molecule has 0 heterocycles. The molecule has 0 spiro atoms. The minimum absolute atomic E-state index is 0.102. The molecular weight excluding hydrogens is 1160 g/mol. The van der Waals surface area contributed by atoms with Crippen molar-refractivity contribution < 1.29 is 80.2 Å². The molecule has 0 rings (SSSR count). The molecule has 0 aromatic carbocycles. The zero-order chi connectivity index (χ0) is 65.0. The van der Waals surface area contributed by atoms with Crippen molar-refractivity contribution in [2.24, 2.45) is 11.8 Å². The van der Waals surface area contributed by atoms with E-state index in [1.54, 1.807) is 0 Å². The summed E-state index contributed by atoms with van der Waals surface area (Å²) in [5.74, 6) is -0.645. The fourth-order valence-electron chi connectivity index (χ4n) is 10.4. The van der Waals surface area contributed by atoms with Crippen LogP contribution < -0.4 is 0 Å². The van der Waals surface area contributed by atoms with Crippen LogP contribution in [0.1, 0.15) is 350 Å². The Balaban J connectivity index is 5.12. The smallest absolute Gasteiger partial charge is 0.462 e. The van der Waals surface area contributed by atoms with Gasteiger partial charge in [-0.1, -0.05) is 298 Å². The van der Waals surface area contributed by atoms with Crippen molar-refractivity contribution in [3.05, 3.63) is 0 Å². The molecule has 522 valence electrons. The summed E-state index contributed by atoms with van der Waals surface area (Å²) >= 11 is 0. The molecule has 2 unspecified atom stereocenters. The molecule has 3 N–H and O–H groups in total. The summed E-state index contributed by atoms with van der Waals surface area (Å²) in [7, 11) is -9.89. The van der Waals surface area contributed by atoms with Crippen molar-refractivity contribution in [1.82, 2.24) is 0 Å². The van der Waals surface area contributed by atoms with E-state index >= 15 is 0 Å². The van der Waals surface area contributed by atoms with Gasteiger partial charge in [-0.2, -0.15) is 0 Å². The van der Waals surface area contributed by atoms with Gasteiger partial charge in [0.1, 0.15) is 19.3 Å². The molecule has 5 atom stereocenters. The Labute approximate surface area is 537 Å². The average molecular weight is 1300 g/mol. The maximum atomic E-state index is 13.0. The predicted molar refractivity (Wildman–Crippen MR) is 354 cm³/mol. The van der Waals surface area contributed by atoms with Gasteiger partial charge < -0.3 is 33.8 Å². The van der Waals surface area contributed by atoms with E-state index in [0.717, 1.165) is 109 Å². The number of hydrogen-bond donors (Lipinski definition) is 3. The van der Waals surface area contributed by atoms with Crippen LogP contribution in [0.2, 0.25) is 0 Å². The van der Waals surface area contributed by atoms with E-state index in [2.05, 4.69) is 41.5 Å². The van der Waals surface area contributed by atoms with E-state index in [4.69, 9.17) is 37.0 Å². The van der Waals surface area contributed by atoms with Crippen LogP contribution in [0, 0.1) is 11.8 Å². The first-order valence-corrected chi connectivity index (χ1v) is 39.0. The first kappa shape index (κ1) is 86.1. The SMILES string of the molecule is CCCCCCCCCCCCCC(=O)OC[C@H](COP(=O)(O)OC[C@@H](O)COP(=O)(O)OC[C@@H](COC(=O)CCCCCCCCC)OC(=O)CCCCCCCCC(C)C)OC(=O)CCCCCCCCCCCCCCCCCCCCC(C)C. The van der Waals surface area contributed by atoms with Crippen LogP contribution in [-0.2, 0) is 65.4 Å². The highest BCUT2D eigenvalue weighted by atomic mass is 31.2. The zero-order valence-corrected chi connectivity index (χ0v) is 58.8. The predicted octanol–water partition coefficient (Wildman–Crippen LogP) is 19.6. The molecule has 0 aromatic rings. The molecule has 0 aliphatic heterocycles. The van der Waals surface area contributed by atoms with E-state index in [1.165, 1.54) is 154 Å². The molecule has 0 aromatic heterocycles. The molecule has 0 amide bonds. The van der Waals surface area contributed by atoms with Crippen LogP contribution in [-0.4, -0.2) is 96.7 Å². The van der Waals surface area contributed by atoms with E-state index in [0.29, 0.717) is 31.6 Å². The summed E-state index contributed by atoms with van der Waals surface area (Å²) < 4.78 is 68.0. The summed E-state index contributed by atoms with van der Waals surface area (Å²) in [6.07, 6.45) is 46.2. The Morgan fingerprint density at radius 3 is 0.773 bits per heavy atom. The number of phosphoric acid groups is 2. The highest BCUT2D eigenvalue weighted by molar-refractivity contribution is 7.47. The van der Waals surface area contributed by atoms with E-state index in [-0.39, 0.29) is 25.7 Å². The third-order valence-corrected chi connectivity index (χ3v) is 17.9. The number of rotatable bonds is 68. The minimum Gasteiger partial charge on any atom is -0.462 e. The normalized spacial score (nSPS) is 14.2. The van der Waals surface area contributed by atoms with E-state index < -0.39 is 97.5 Å². The van der Waals surface area contributed by atoms with Crippen LogP contribution in [0.4, 0.5) is 0 Å². The van der Waals surface area contributed by atoms with Crippen molar-refractivity contribution in [1.29, 1.82) is 0 Å². The lowest BCUT2D eigenvalue weighted by atomic mass is 10.0. The van der Waals surface area contributed by atoms with Gasteiger partial charge in [-0.05, 0) is 37.5 Å². The summed E-state index contributed by atoms with van der Waals surface area (Å²) in [4.78, 5) is 72.2. The first-order chi connectivity index (χ1) is 42.4. The molecule has 19 heteroatoms. The second kappa shape index (κ2) is 61.3. The standard InChI is InChI=1S/C69H134O17P2/c1-7-9-11-13-15-16-25-29-33-40-46-52-67(72)80-58-64(85-68(73)53-47-41-34-30-27-24-22-20-18-17-19-21-23-26-28-32-37-43-49-61(3)4)59-83-87(75,76)81-55-63(70)56-82-88(77,78)84-60-65(57-79-66(71)51-45-39-31-14-12-10-8-2)86-69(74)54-48-42-36-35-38-44-50-62(5)6/h61-65,70H,7-60H2,1-6H3,(H,75,76)(H,77,78)/t63-,64-,65-/m1/s1. The summed E-state index contributed by atoms with van der Waals surface area (Å²) in [5.41, 5.74) is 0. The zero-order valence-electron chi connectivity index (χ0n) is 57.0. The van der Waals surface area contributed by atoms with Crippen LogP contribution in [0.5, 0.6) is 0 Å². The third-order valence-electron chi connectivity index (χ3n) is 16.0. The number of unbranched alkanes of at least 4 members (excludes halogenated alkanes) is 38. The van der Waals surface area contributed by atoms with Crippen molar-refractivity contribution in [2.45, 2.75) is 368 Å². The summed E-state index contributed by atoms with van der Waals surface area (Å²) in [6.45, 7) is 9.43. The molecule has 0 saturated heterocycles. The van der Waals surface area contributed by atoms with Crippen LogP contribution in [0.25, 0.3) is 0 Å². The molecule has 0 aliphatic carbocycles. The van der Waals surface area contributed by atoms with Crippen LogP contribution in [0.3, 0.4) is 0 Å². The van der Waals surface area contributed by atoms with Gasteiger partial charge in [-0.15, -0.1) is 0 Å². The van der Waals surface area contributed by atoms with Crippen molar-refractivity contribution in [2.75, 3.05) is 39.6 Å². The van der Waals surface area contributed by atoms with Crippen LogP contribution >= 0.6 is 15.6 Å². The Morgan fingerprint density at radius 2 is 0.523 bits per heavy atom. The number of ether oxygens (including phenoxy) is 4. The Morgan fingerprint density at radius 1 is 0.307 bits per heavy atom. The lowest BCUT2D eigenvalue weighted by Gasteiger charge is -2.21. The molecule has 0 radical (unpaired) electrons. The molecule has 0 saturated carbocycles. The topological polar surface area (TPSA) is 237 Å². The van der Waals surface area contributed by atoms with Gasteiger partial charge in [0, 0.05) is 25.7 Å². The maximum Gasteiger partial charge on any atom is 0.472 e. The second-order valence-electron chi connectivity index (χ2n) is 25.9. The van der Waals surface area contributed by atoms with Gasteiger partial charge in [0.15, 0.2) is 12.2 Å². The van der Waals surface area contributed by atoms with Crippen molar-refractivity contribution in [3.63, 3.8) is 0 Å². The monoisotopic (exact) mass is 1300 g/mol. The Kier molecular flexibility index (Phi) is 59.9. The second-order valence-corrected chi connectivity index (χ2v) is 28.8. The van der Waals surface area contributed by atoms with Gasteiger partial charge in [0.25, 0.3) is 0 Å². The lowest BCUT2D eigenvalue weighted by molar-refractivity contribution is -0.161. The molecule has 17 nitrogen and oxygen atoms in total. The van der Waals surface area contributed by atoms with Crippen LogP contribution in [0.15, 0.2) is 0 Å². The molecule has 0 fully saturated rings. The van der Waals surface area contributed by atoms with Crippen molar-refractivity contribution >= 4 is 39.5 Å². The highest BCUT2D eigenvalue weighted by Crippen LogP contribution is 2.45. The number of carbonyl (C=O) groups excluding carboxylic acids is 4. The van der Waals surface area contributed by atoms with Gasteiger partial charge in [0.2, 0.25) is 0 Å². The minimum atomic E-state index is -4.95. The van der Waals surface area contributed by atoms with Gasteiger partial charge in [0.05, 0.1) is 26.4 Å². The summed E-state index contributed by atoms with van der Waals surface area (Å²) in [6, 6.07) is 0. The number of aliphatic hydroxyl groups is 1. The first-order valence-electron chi connectivity index (χ1n) is 36.0. The molecular formula is C69H134O17P2. The Bertz CT molecular complexity index is 1720. The average Bonchev–Trinajstić information content (AvgIpc) is 3.65. The number of phosphoric ester groups is 2. The molecule has 88 heavy (non-hydrogen) atoms. The van der Waals surface area contributed by atoms with E-state index in [9.17, 15) is 43.2 Å². The van der Waals surface area contributed by atoms with Crippen molar-refractivity contribution in [3.8, 4) is 0 Å². The summed E-state index contributed by atoms with van der Waals surface area (Å²) in [5, 5.41) is 10.5. The Hall–Kier alpha value is -1.94. The van der Waals surface area contributed by atoms with Gasteiger partial charge in [-0.25, -0.2) is 9.13 Å².